The minimum Gasteiger partial charge on any atom is -0.493 e. The molecule has 0 saturated carbocycles. The molecule has 0 saturated heterocycles. The van der Waals surface area contributed by atoms with E-state index in [9.17, 15) is 8.78 Å². The molecule has 1 heterocycles. The second-order valence-electron chi connectivity index (χ2n) is 3.06. The van der Waals surface area contributed by atoms with Crippen LogP contribution in [0, 0.1) is 11.6 Å². The molecule has 0 radical (unpaired) electrons. The van der Waals surface area contributed by atoms with Crippen molar-refractivity contribution in [2.24, 2.45) is 0 Å². The molecule has 0 unspecified atom stereocenters. The van der Waals surface area contributed by atoms with Gasteiger partial charge in [-0.15, -0.1) is 0 Å². The van der Waals surface area contributed by atoms with Crippen LogP contribution in [0.25, 0.3) is 11.3 Å². The van der Waals surface area contributed by atoms with Crippen molar-refractivity contribution in [3.63, 3.8) is 0 Å². The van der Waals surface area contributed by atoms with E-state index in [-0.39, 0.29) is 22.9 Å². The number of hydrogen-bond acceptors (Lipinski definition) is 4. The first kappa shape index (κ1) is 10.4. The van der Waals surface area contributed by atoms with Crippen molar-refractivity contribution in [1.29, 1.82) is 0 Å². The molecule has 2 rings (SSSR count). The lowest BCUT2D eigenvalue weighted by Crippen LogP contribution is -1.95. The number of anilines is 1. The molecule has 0 aliphatic heterocycles. The molecule has 2 aromatic rings. The van der Waals surface area contributed by atoms with Crippen molar-refractivity contribution < 1.29 is 18.0 Å². The van der Waals surface area contributed by atoms with Crippen molar-refractivity contribution >= 4 is 5.88 Å². The molecule has 0 aliphatic carbocycles. The Hall–Kier alpha value is -2.11. The lowest BCUT2D eigenvalue weighted by atomic mass is 10.1. The fraction of sp³-hybridized carbons (Fsp3) is 0.100. The van der Waals surface area contributed by atoms with Crippen LogP contribution in [0.2, 0.25) is 0 Å². The van der Waals surface area contributed by atoms with Gasteiger partial charge in [-0.3, -0.25) is 0 Å². The summed E-state index contributed by atoms with van der Waals surface area (Å²) in [7, 11) is 1.24. The highest BCUT2D eigenvalue weighted by Gasteiger charge is 2.17. The fourth-order valence-electron chi connectivity index (χ4n) is 1.35. The van der Waals surface area contributed by atoms with E-state index in [4.69, 9.17) is 10.5 Å². The normalized spacial score (nSPS) is 10.4. The third-order valence-corrected chi connectivity index (χ3v) is 2.06. The van der Waals surface area contributed by atoms with Gasteiger partial charge in [0.15, 0.2) is 11.6 Å². The van der Waals surface area contributed by atoms with Crippen LogP contribution < -0.4 is 10.5 Å². The van der Waals surface area contributed by atoms with E-state index < -0.39 is 11.6 Å². The average molecular weight is 226 g/mol. The summed E-state index contributed by atoms with van der Waals surface area (Å²) < 4.78 is 35.7. The van der Waals surface area contributed by atoms with E-state index >= 15 is 0 Å². The average Bonchev–Trinajstić information content (AvgIpc) is 2.68. The minimum atomic E-state index is -1.07. The number of nitrogens with zero attached hydrogens (tertiary/aromatic N) is 1. The highest BCUT2D eigenvalue weighted by molar-refractivity contribution is 5.68. The van der Waals surface area contributed by atoms with Crippen molar-refractivity contribution in [3.05, 3.63) is 29.8 Å². The first-order chi connectivity index (χ1) is 7.63. The molecule has 84 valence electrons. The van der Waals surface area contributed by atoms with Gasteiger partial charge in [0.1, 0.15) is 5.69 Å². The number of benzene rings is 1. The Kier molecular flexibility index (Phi) is 2.47. The standard InChI is InChI=1S/C10H8F2N2O2/c1-15-10-5(2-3-6(11)9(10)12)7-4-8(13)16-14-7/h2-4H,13H2,1H3. The summed E-state index contributed by atoms with van der Waals surface area (Å²) in [5.41, 5.74) is 5.90. The van der Waals surface area contributed by atoms with Gasteiger partial charge in [-0.1, -0.05) is 5.16 Å². The van der Waals surface area contributed by atoms with Gasteiger partial charge in [0.2, 0.25) is 11.7 Å². The monoisotopic (exact) mass is 226 g/mol. The summed E-state index contributed by atoms with van der Waals surface area (Å²) in [6, 6.07) is 3.72. The Balaban J connectivity index is 2.61. The lowest BCUT2D eigenvalue weighted by Gasteiger charge is -2.06. The molecule has 0 atom stereocenters. The molecule has 1 aromatic carbocycles. The summed E-state index contributed by atoms with van der Waals surface area (Å²) in [5.74, 6) is -2.20. The molecule has 16 heavy (non-hydrogen) atoms. The summed E-state index contributed by atoms with van der Waals surface area (Å²) in [5, 5.41) is 3.60. The third-order valence-electron chi connectivity index (χ3n) is 2.06. The van der Waals surface area contributed by atoms with E-state index in [1.807, 2.05) is 0 Å². The van der Waals surface area contributed by atoms with Crippen molar-refractivity contribution in [1.82, 2.24) is 5.16 Å². The summed E-state index contributed by atoms with van der Waals surface area (Å²) in [6.07, 6.45) is 0. The van der Waals surface area contributed by atoms with Gasteiger partial charge in [-0.2, -0.15) is 4.39 Å². The zero-order chi connectivity index (χ0) is 11.7. The summed E-state index contributed by atoms with van der Waals surface area (Å²) >= 11 is 0. The minimum absolute atomic E-state index is 0.0850. The highest BCUT2D eigenvalue weighted by Crippen LogP contribution is 2.33. The van der Waals surface area contributed by atoms with E-state index in [1.54, 1.807) is 0 Å². The summed E-state index contributed by atoms with van der Waals surface area (Å²) in [6.45, 7) is 0. The smallest absolute Gasteiger partial charge is 0.222 e. The van der Waals surface area contributed by atoms with E-state index in [0.29, 0.717) is 0 Å². The van der Waals surface area contributed by atoms with E-state index in [2.05, 4.69) is 9.68 Å². The maximum absolute atomic E-state index is 13.4. The predicted octanol–water partition coefficient (Wildman–Crippen LogP) is 2.21. The molecular weight excluding hydrogens is 218 g/mol. The quantitative estimate of drug-likeness (QED) is 0.852. The van der Waals surface area contributed by atoms with Crippen LogP contribution >= 0.6 is 0 Å². The van der Waals surface area contributed by atoms with Crippen LogP contribution in [0.5, 0.6) is 5.75 Å². The second-order valence-corrected chi connectivity index (χ2v) is 3.06. The molecule has 0 bridgehead atoms. The number of nitrogen functional groups attached to an aromatic ring is 1. The number of ether oxygens (including phenoxy) is 1. The van der Waals surface area contributed by atoms with Crippen molar-refractivity contribution in [2.75, 3.05) is 12.8 Å². The van der Waals surface area contributed by atoms with E-state index in [0.717, 1.165) is 6.07 Å². The van der Waals surface area contributed by atoms with E-state index in [1.165, 1.54) is 19.2 Å². The molecule has 2 N–H and O–H groups in total. The second kappa shape index (κ2) is 3.80. The Bertz CT molecular complexity index is 526. The molecule has 6 heteroatoms. The SMILES string of the molecule is COc1c(-c2cc(N)on2)ccc(F)c1F. The molecular formula is C10H8F2N2O2. The topological polar surface area (TPSA) is 61.3 Å². The van der Waals surface area contributed by atoms with Gasteiger partial charge in [0.05, 0.1) is 7.11 Å². The fourth-order valence-corrected chi connectivity index (χ4v) is 1.35. The number of rotatable bonds is 2. The zero-order valence-electron chi connectivity index (χ0n) is 8.33. The molecule has 0 aliphatic rings. The Morgan fingerprint density at radius 1 is 1.38 bits per heavy atom. The number of hydrogen-bond donors (Lipinski definition) is 1. The highest BCUT2D eigenvalue weighted by atomic mass is 19.2. The Morgan fingerprint density at radius 2 is 2.12 bits per heavy atom. The number of halogens is 2. The molecule has 0 amide bonds. The van der Waals surface area contributed by atoms with Gasteiger partial charge in [-0.25, -0.2) is 4.39 Å². The van der Waals surface area contributed by atoms with Gasteiger partial charge in [0.25, 0.3) is 0 Å². The van der Waals surface area contributed by atoms with Crippen LogP contribution in [0.15, 0.2) is 22.7 Å². The first-order valence-corrected chi connectivity index (χ1v) is 4.38. The zero-order valence-corrected chi connectivity index (χ0v) is 8.33. The lowest BCUT2D eigenvalue weighted by molar-refractivity contribution is 0.372. The van der Waals surface area contributed by atoms with Gasteiger partial charge < -0.3 is 15.0 Å². The molecule has 0 spiro atoms. The van der Waals surface area contributed by atoms with Crippen LogP contribution in [0.4, 0.5) is 14.7 Å². The van der Waals surface area contributed by atoms with Crippen LogP contribution in [0.1, 0.15) is 0 Å². The van der Waals surface area contributed by atoms with Crippen LogP contribution in [0.3, 0.4) is 0 Å². The maximum atomic E-state index is 13.4. The number of nitrogens with two attached hydrogens (primary N) is 1. The van der Waals surface area contributed by atoms with Gasteiger partial charge in [0, 0.05) is 11.6 Å². The van der Waals surface area contributed by atoms with Gasteiger partial charge >= 0.3 is 0 Å². The summed E-state index contributed by atoms with van der Waals surface area (Å²) in [4.78, 5) is 0. The van der Waals surface area contributed by atoms with Gasteiger partial charge in [-0.05, 0) is 12.1 Å². The Morgan fingerprint density at radius 3 is 2.69 bits per heavy atom. The first-order valence-electron chi connectivity index (χ1n) is 4.38. The van der Waals surface area contributed by atoms with Crippen LogP contribution in [-0.2, 0) is 0 Å². The predicted molar refractivity (Wildman–Crippen MR) is 52.8 cm³/mol. The Labute approximate surface area is 89.6 Å². The maximum Gasteiger partial charge on any atom is 0.222 e. The molecule has 0 fully saturated rings. The third kappa shape index (κ3) is 1.58. The largest absolute Gasteiger partial charge is 0.493 e. The molecule has 4 nitrogen and oxygen atoms in total. The van der Waals surface area contributed by atoms with Crippen LogP contribution in [-0.4, -0.2) is 12.3 Å². The van der Waals surface area contributed by atoms with Crippen molar-refractivity contribution in [3.8, 4) is 17.0 Å². The van der Waals surface area contributed by atoms with Crippen molar-refractivity contribution in [2.45, 2.75) is 0 Å². The number of methoxy groups -OCH3 is 1. The number of aromatic nitrogens is 1. The molecule has 1 aromatic heterocycles.